The van der Waals surface area contributed by atoms with Crippen molar-refractivity contribution in [3.05, 3.63) is 58.4 Å². The number of nitrogens with zero attached hydrogens (tertiary/aromatic N) is 1. The molecule has 0 aliphatic carbocycles. The molecule has 0 aliphatic rings. The average molecular weight is 278 g/mol. The minimum Gasteiger partial charge on any atom is -0.453 e. The van der Waals surface area contributed by atoms with E-state index in [2.05, 4.69) is 0 Å². The largest absolute Gasteiger partial charge is 0.453 e. The number of benzene rings is 2. The van der Waals surface area contributed by atoms with Crippen molar-refractivity contribution in [2.75, 3.05) is 0 Å². The molecule has 0 aromatic heterocycles. The number of hydrogen-bond donors (Lipinski definition) is 1. The van der Waals surface area contributed by atoms with Gasteiger partial charge in [-0.3, -0.25) is 0 Å². The van der Waals surface area contributed by atoms with Crippen LogP contribution in [0, 0.1) is 17.1 Å². The first-order valence-electron chi connectivity index (χ1n) is 5.41. The van der Waals surface area contributed by atoms with Crippen LogP contribution < -0.4 is 4.74 Å². The minimum absolute atomic E-state index is 0.0161. The lowest BCUT2D eigenvalue weighted by molar-refractivity contribution is 0.281. The van der Waals surface area contributed by atoms with Crippen molar-refractivity contribution in [3.63, 3.8) is 0 Å². The molecule has 0 radical (unpaired) electrons. The maximum atomic E-state index is 13.6. The van der Waals surface area contributed by atoms with Crippen LogP contribution in [0.2, 0.25) is 5.02 Å². The van der Waals surface area contributed by atoms with Crippen molar-refractivity contribution in [1.82, 2.24) is 0 Å². The predicted octanol–water partition coefficient (Wildman–Crippen LogP) is 3.64. The predicted molar refractivity (Wildman–Crippen MR) is 68.6 cm³/mol. The highest BCUT2D eigenvalue weighted by atomic mass is 35.5. The Hall–Kier alpha value is -2.09. The summed E-state index contributed by atoms with van der Waals surface area (Å²) in [5, 5.41) is 17.9. The third kappa shape index (κ3) is 3.02. The van der Waals surface area contributed by atoms with Crippen molar-refractivity contribution in [3.8, 4) is 17.6 Å². The van der Waals surface area contributed by atoms with Gasteiger partial charge in [0.05, 0.1) is 23.3 Å². The van der Waals surface area contributed by atoms with Crippen molar-refractivity contribution in [2.45, 2.75) is 6.61 Å². The van der Waals surface area contributed by atoms with Crippen LogP contribution in [-0.4, -0.2) is 5.11 Å². The highest BCUT2D eigenvalue weighted by Gasteiger charge is 2.09. The van der Waals surface area contributed by atoms with Gasteiger partial charge in [-0.2, -0.15) is 5.26 Å². The molecule has 2 aromatic carbocycles. The molecule has 2 rings (SSSR count). The fraction of sp³-hybridized carbons (Fsp3) is 0.0714. The first-order chi connectivity index (χ1) is 9.13. The highest BCUT2D eigenvalue weighted by molar-refractivity contribution is 6.32. The first kappa shape index (κ1) is 13.3. The number of aliphatic hydroxyl groups is 1. The van der Waals surface area contributed by atoms with E-state index in [1.54, 1.807) is 18.2 Å². The maximum absolute atomic E-state index is 13.6. The van der Waals surface area contributed by atoms with Gasteiger partial charge in [0.2, 0.25) is 0 Å². The number of halogens is 2. The molecule has 0 bridgehead atoms. The zero-order chi connectivity index (χ0) is 13.8. The number of nitriles is 1. The second-order valence-electron chi connectivity index (χ2n) is 3.78. The Bertz CT molecular complexity index is 652. The lowest BCUT2D eigenvalue weighted by Crippen LogP contribution is -1.91. The fourth-order valence-corrected chi connectivity index (χ4v) is 1.74. The standard InChI is InChI=1S/C14H9ClFNO2/c15-11-5-10(8-18)2-3-13(11)19-14-4-1-9(7-17)6-12(14)16/h1-6,18H,8H2. The molecule has 19 heavy (non-hydrogen) atoms. The summed E-state index contributed by atoms with van der Waals surface area (Å²) in [6, 6.07) is 10.5. The number of aliphatic hydroxyl groups excluding tert-OH is 1. The van der Waals surface area contributed by atoms with Crippen molar-refractivity contribution >= 4 is 11.6 Å². The van der Waals surface area contributed by atoms with E-state index in [-0.39, 0.29) is 28.7 Å². The molecule has 3 nitrogen and oxygen atoms in total. The molecule has 0 saturated carbocycles. The van der Waals surface area contributed by atoms with Crippen LogP contribution in [0.4, 0.5) is 4.39 Å². The zero-order valence-corrected chi connectivity index (χ0v) is 10.5. The lowest BCUT2D eigenvalue weighted by atomic mass is 10.2. The molecule has 0 unspecified atom stereocenters. The summed E-state index contributed by atoms with van der Waals surface area (Å²) >= 11 is 5.96. The van der Waals surface area contributed by atoms with Gasteiger partial charge in [0.1, 0.15) is 5.75 Å². The number of hydrogen-bond acceptors (Lipinski definition) is 3. The van der Waals surface area contributed by atoms with Gasteiger partial charge < -0.3 is 9.84 Å². The van der Waals surface area contributed by atoms with Crippen LogP contribution >= 0.6 is 11.6 Å². The van der Waals surface area contributed by atoms with E-state index in [9.17, 15) is 4.39 Å². The third-order valence-corrected chi connectivity index (χ3v) is 2.76. The van der Waals surface area contributed by atoms with E-state index >= 15 is 0 Å². The van der Waals surface area contributed by atoms with Crippen LogP contribution in [0.25, 0.3) is 0 Å². The molecule has 96 valence electrons. The molecule has 0 atom stereocenters. The van der Waals surface area contributed by atoms with E-state index < -0.39 is 5.82 Å². The van der Waals surface area contributed by atoms with Crippen LogP contribution in [0.5, 0.6) is 11.5 Å². The van der Waals surface area contributed by atoms with Crippen molar-refractivity contribution in [2.24, 2.45) is 0 Å². The first-order valence-corrected chi connectivity index (χ1v) is 5.78. The summed E-state index contributed by atoms with van der Waals surface area (Å²) in [6.45, 7) is -0.134. The van der Waals surface area contributed by atoms with Gasteiger partial charge in [-0.15, -0.1) is 0 Å². The SMILES string of the molecule is N#Cc1ccc(Oc2ccc(CO)cc2Cl)c(F)c1. The van der Waals surface area contributed by atoms with E-state index in [4.69, 9.17) is 26.7 Å². The van der Waals surface area contributed by atoms with Crippen LogP contribution in [0.1, 0.15) is 11.1 Å². The molecular weight excluding hydrogens is 269 g/mol. The van der Waals surface area contributed by atoms with Crippen molar-refractivity contribution in [1.29, 1.82) is 5.26 Å². The molecule has 0 fully saturated rings. The van der Waals surface area contributed by atoms with Gasteiger partial charge in [-0.25, -0.2) is 4.39 Å². The Kier molecular flexibility index (Phi) is 4.00. The molecule has 0 spiro atoms. The van der Waals surface area contributed by atoms with Gasteiger partial charge in [0.25, 0.3) is 0 Å². The summed E-state index contributed by atoms with van der Waals surface area (Å²) in [5.41, 5.74) is 0.851. The van der Waals surface area contributed by atoms with E-state index in [0.717, 1.165) is 6.07 Å². The van der Waals surface area contributed by atoms with Crippen LogP contribution in [-0.2, 0) is 6.61 Å². The van der Waals surface area contributed by atoms with Gasteiger partial charge >= 0.3 is 0 Å². The summed E-state index contributed by atoms with van der Waals surface area (Å²) < 4.78 is 19.0. The van der Waals surface area contributed by atoms with E-state index in [1.807, 2.05) is 6.07 Å². The second kappa shape index (κ2) is 5.70. The summed E-state index contributed by atoms with van der Waals surface area (Å²) in [4.78, 5) is 0. The molecular formula is C14H9ClFNO2. The smallest absolute Gasteiger partial charge is 0.167 e. The monoisotopic (exact) mass is 277 g/mol. The quantitative estimate of drug-likeness (QED) is 0.932. The van der Waals surface area contributed by atoms with Gasteiger partial charge in [-0.1, -0.05) is 17.7 Å². The van der Waals surface area contributed by atoms with Gasteiger partial charge in [-0.05, 0) is 35.9 Å². The van der Waals surface area contributed by atoms with Crippen LogP contribution in [0.15, 0.2) is 36.4 Å². The molecule has 0 saturated heterocycles. The topological polar surface area (TPSA) is 53.2 Å². The Labute approximate surface area is 114 Å². The second-order valence-corrected chi connectivity index (χ2v) is 4.19. The Balaban J connectivity index is 2.29. The Morgan fingerprint density at radius 2 is 1.95 bits per heavy atom. The fourth-order valence-electron chi connectivity index (χ4n) is 1.50. The lowest BCUT2D eigenvalue weighted by Gasteiger charge is -2.09. The average Bonchev–Trinajstić information content (AvgIpc) is 2.42. The minimum atomic E-state index is -0.638. The molecule has 1 N–H and O–H groups in total. The summed E-state index contributed by atoms with van der Waals surface area (Å²) in [7, 11) is 0. The molecule has 0 heterocycles. The zero-order valence-electron chi connectivity index (χ0n) is 9.73. The van der Waals surface area contributed by atoms with Crippen LogP contribution in [0.3, 0.4) is 0 Å². The Morgan fingerprint density at radius 3 is 2.53 bits per heavy atom. The van der Waals surface area contributed by atoms with Crippen molar-refractivity contribution < 1.29 is 14.2 Å². The maximum Gasteiger partial charge on any atom is 0.167 e. The third-order valence-electron chi connectivity index (χ3n) is 2.46. The molecule has 2 aromatic rings. The van der Waals surface area contributed by atoms with Gasteiger partial charge in [0.15, 0.2) is 11.6 Å². The summed E-state index contributed by atoms with van der Waals surface area (Å²) in [5.74, 6) is -0.374. The Morgan fingerprint density at radius 1 is 1.21 bits per heavy atom. The summed E-state index contributed by atoms with van der Waals surface area (Å²) in [6.07, 6.45) is 0. The normalized spacial score (nSPS) is 10.0. The highest BCUT2D eigenvalue weighted by Crippen LogP contribution is 2.31. The molecule has 0 aliphatic heterocycles. The molecule has 0 amide bonds. The molecule has 5 heteroatoms. The van der Waals surface area contributed by atoms with Gasteiger partial charge in [0, 0.05) is 0 Å². The van der Waals surface area contributed by atoms with E-state index in [1.165, 1.54) is 12.1 Å². The van der Waals surface area contributed by atoms with E-state index in [0.29, 0.717) is 5.56 Å². The number of rotatable bonds is 3. The number of ether oxygens (including phenoxy) is 1.